The Labute approximate surface area is 164 Å². The molecule has 0 bridgehead atoms. The van der Waals surface area contributed by atoms with Gasteiger partial charge in [0.15, 0.2) is 0 Å². The van der Waals surface area contributed by atoms with Crippen LogP contribution in [-0.2, 0) is 0 Å². The van der Waals surface area contributed by atoms with E-state index in [1.54, 1.807) is 24.3 Å². The molecule has 2 aromatic rings. The first-order chi connectivity index (χ1) is 13.3. The smallest absolute Gasteiger partial charge is 0.335 e. The van der Waals surface area contributed by atoms with E-state index in [9.17, 15) is 14.4 Å². The zero-order chi connectivity index (χ0) is 20.3. The van der Waals surface area contributed by atoms with Crippen molar-refractivity contribution in [3.8, 4) is 0 Å². The lowest BCUT2D eigenvalue weighted by Crippen LogP contribution is -2.39. The Bertz CT molecular complexity index is 923. The standard InChI is InChI=1S/C22H24N2O4/c1-14-5-4-10-24(13-14)21(26)17-8-9-19(15(2)11-17)23-20(25)16-6-3-7-18(12-16)22(27)28/h3,6-9,11-12,14H,4-5,10,13H2,1-2H3,(H,23,25)(H,27,28). The Kier molecular flexibility index (Phi) is 5.78. The predicted octanol–water partition coefficient (Wildman–Crippen LogP) is 3.82. The summed E-state index contributed by atoms with van der Waals surface area (Å²) < 4.78 is 0. The molecule has 146 valence electrons. The summed E-state index contributed by atoms with van der Waals surface area (Å²) in [5.74, 6) is -0.948. The van der Waals surface area contributed by atoms with Gasteiger partial charge in [0.2, 0.25) is 0 Å². The maximum Gasteiger partial charge on any atom is 0.335 e. The van der Waals surface area contributed by atoms with Gasteiger partial charge in [-0.3, -0.25) is 9.59 Å². The van der Waals surface area contributed by atoms with Crippen LogP contribution in [0.1, 0.15) is 56.4 Å². The van der Waals surface area contributed by atoms with Crippen LogP contribution in [0.25, 0.3) is 0 Å². The van der Waals surface area contributed by atoms with Crippen molar-refractivity contribution in [2.75, 3.05) is 18.4 Å². The minimum absolute atomic E-state index is 0.0154. The SMILES string of the molecule is Cc1cc(C(=O)N2CCCC(C)C2)ccc1NC(=O)c1cccc(C(=O)O)c1. The molecule has 6 nitrogen and oxygen atoms in total. The first-order valence-electron chi connectivity index (χ1n) is 9.40. The number of anilines is 1. The van der Waals surface area contributed by atoms with Gasteiger partial charge in [0.25, 0.3) is 11.8 Å². The van der Waals surface area contributed by atoms with Crippen molar-refractivity contribution in [2.45, 2.75) is 26.7 Å². The van der Waals surface area contributed by atoms with E-state index in [0.29, 0.717) is 17.2 Å². The molecule has 0 aliphatic carbocycles. The van der Waals surface area contributed by atoms with Crippen molar-refractivity contribution in [1.29, 1.82) is 0 Å². The van der Waals surface area contributed by atoms with Crippen molar-refractivity contribution < 1.29 is 19.5 Å². The van der Waals surface area contributed by atoms with Gasteiger partial charge in [-0.2, -0.15) is 0 Å². The van der Waals surface area contributed by atoms with Crippen LogP contribution in [0.2, 0.25) is 0 Å². The fourth-order valence-electron chi connectivity index (χ4n) is 3.48. The molecule has 1 atom stereocenters. The van der Waals surface area contributed by atoms with Crippen molar-refractivity contribution in [3.63, 3.8) is 0 Å². The number of amides is 2. The normalized spacial score (nSPS) is 16.5. The number of carboxylic acid groups (broad SMARTS) is 1. The number of nitrogens with one attached hydrogen (secondary N) is 1. The number of likely N-dealkylation sites (tertiary alicyclic amines) is 1. The Morgan fingerprint density at radius 2 is 1.82 bits per heavy atom. The van der Waals surface area contributed by atoms with Crippen molar-refractivity contribution in [3.05, 3.63) is 64.7 Å². The molecule has 0 radical (unpaired) electrons. The van der Waals surface area contributed by atoms with E-state index < -0.39 is 11.9 Å². The monoisotopic (exact) mass is 380 g/mol. The van der Waals surface area contributed by atoms with Gasteiger partial charge in [-0.05, 0) is 67.6 Å². The number of carboxylic acids is 1. The largest absolute Gasteiger partial charge is 0.478 e. The number of piperidine rings is 1. The number of carbonyl (C=O) groups excluding carboxylic acids is 2. The van der Waals surface area contributed by atoms with E-state index in [1.807, 2.05) is 11.8 Å². The van der Waals surface area contributed by atoms with Gasteiger partial charge in [0.05, 0.1) is 5.56 Å². The molecule has 1 saturated heterocycles. The molecule has 2 aromatic carbocycles. The first-order valence-corrected chi connectivity index (χ1v) is 9.40. The highest BCUT2D eigenvalue weighted by Crippen LogP contribution is 2.22. The van der Waals surface area contributed by atoms with E-state index in [0.717, 1.165) is 31.5 Å². The van der Waals surface area contributed by atoms with E-state index in [2.05, 4.69) is 12.2 Å². The Balaban J connectivity index is 1.73. The lowest BCUT2D eigenvalue weighted by molar-refractivity contribution is 0.0679. The average Bonchev–Trinajstić information content (AvgIpc) is 2.69. The van der Waals surface area contributed by atoms with Crippen LogP contribution < -0.4 is 5.32 Å². The van der Waals surface area contributed by atoms with E-state index in [-0.39, 0.29) is 17.0 Å². The van der Waals surface area contributed by atoms with Crippen LogP contribution in [0.3, 0.4) is 0 Å². The third-order valence-corrected chi connectivity index (χ3v) is 5.04. The molecule has 1 aliphatic rings. The zero-order valence-corrected chi connectivity index (χ0v) is 16.1. The number of rotatable bonds is 4. The molecule has 28 heavy (non-hydrogen) atoms. The minimum atomic E-state index is -1.08. The molecular weight excluding hydrogens is 356 g/mol. The van der Waals surface area contributed by atoms with Crippen LogP contribution in [0.15, 0.2) is 42.5 Å². The summed E-state index contributed by atoms with van der Waals surface area (Å²) in [6, 6.07) is 11.1. The Hall–Kier alpha value is -3.15. The molecule has 1 heterocycles. The molecule has 2 amide bonds. The summed E-state index contributed by atoms with van der Waals surface area (Å²) >= 11 is 0. The molecule has 0 aromatic heterocycles. The number of benzene rings is 2. The number of aromatic carboxylic acids is 1. The minimum Gasteiger partial charge on any atom is -0.478 e. The fraction of sp³-hybridized carbons (Fsp3) is 0.318. The fourth-order valence-corrected chi connectivity index (χ4v) is 3.48. The molecule has 3 rings (SSSR count). The Morgan fingerprint density at radius 1 is 1.07 bits per heavy atom. The van der Waals surface area contributed by atoms with Crippen LogP contribution in [-0.4, -0.2) is 40.9 Å². The van der Waals surface area contributed by atoms with Gasteiger partial charge in [0.1, 0.15) is 0 Å². The number of carbonyl (C=O) groups is 3. The second-order valence-electron chi connectivity index (χ2n) is 7.37. The molecule has 1 aliphatic heterocycles. The van der Waals surface area contributed by atoms with Crippen molar-refractivity contribution in [1.82, 2.24) is 4.90 Å². The highest BCUT2D eigenvalue weighted by atomic mass is 16.4. The highest BCUT2D eigenvalue weighted by molar-refractivity contribution is 6.06. The summed E-state index contributed by atoms with van der Waals surface area (Å²) in [6.45, 7) is 5.54. The summed E-state index contributed by atoms with van der Waals surface area (Å²) in [5.41, 5.74) is 2.30. The first kappa shape index (κ1) is 19.6. The summed E-state index contributed by atoms with van der Waals surface area (Å²) in [4.78, 5) is 38.2. The Morgan fingerprint density at radius 3 is 2.50 bits per heavy atom. The van der Waals surface area contributed by atoms with E-state index in [4.69, 9.17) is 5.11 Å². The maximum atomic E-state index is 12.7. The van der Waals surface area contributed by atoms with Gasteiger partial charge >= 0.3 is 5.97 Å². The highest BCUT2D eigenvalue weighted by Gasteiger charge is 2.22. The summed E-state index contributed by atoms with van der Waals surface area (Å²) in [6.07, 6.45) is 2.17. The maximum absolute atomic E-state index is 12.7. The predicted molar refractivity (Wildman–Crippen MR) is 107 cm³/mol. The van der Waals surface area contributed by atoms with Crippen LogP contribution in [0.5, 0.6) is 0 Å². The third-order valence-electron chi connectivity index (χ3n) is 5.04. The lowest BCUT2D eigenvalue weighted by Gasteiger charge is -2.31. The van der Waals surface area contributed by atoms with Crippen LogP contribution >= 0.6 is 0 Å². The number of hydrogen-bond donors (Lipinski definition) is 2. The topological polar surface area (TPSA) is 86.7 Å². The number of nitrogens with zero attached hydrogens (tertiary/aromatic N) is 1. The van der Waals surface area contributed by atoms with Crippen molar-refractivity contribution >= 4 is 23.5 Å². The lowest BCUT2D eigenvalue weighted by atomic mass is 9.99. The average molecular weight is 380 g/mol. The van der Waals surface area contributed by atoms with Gasteiger partial charge in [0, 0.05) is 29.9 Å². The second-order valence-corrected chi connectivity index (χ2v) is 7.37. The molecular formula is C22H24N2O4. The number of hydrogen-bond acceptors (Lipinski definition) is 3. The van der Waals surface area contributed by atoms with Gasteiger partial charge in [-0.1, -0.05) is 13.0 Å². The van der Waals surface area contributed by atoms with Crippen LogP contribution in [0, 0.1) is 12.8 Å². The summed E-state index contributed by atoms with van der Waals surface area (Å²) in [5, 5.41) is 11.9. The quantitative estimate of drug-likeness (QED) is 0.844. The van der Waals surface area contributed by atoms with E-state index in [1.165, 1.54) is 18.2 Å². The zero-order valence-electron chi connectivity index (χ0n) is 16.1. The molecule has 2 N–H and O–H groups in total. The summed E-state index contributed by atoms with van der Waals surface area (Å²) in [7, 11) is 0. The van der Waals surface area contributed by atoms with Crippen LogP contribution in [0.4, 0.5) is 5.69 Å². The second kappa shape index (κ2) is 8.25. The third kappa shape index (κ3) is 4.39. The molecule has 1 unspecified atom stereocenters. The molecule has 1 fully saturated rings. The van der Waals surface area contributed by atoms with Crippen molar-refractivity contribution in [2.24, 2.45) is 5.92 Å². The van der Waals surface area contributed by atoms with Gasteiger partial charge < -0.3 is 15.3 Å². The molecule has 0 spiro atoms. The number of aryl methyl sites for hydroxylation is 1. The van der Waals surface area contributed by atoms with E-state index >= 15 is 0 Å². The molecule has 6 heteroatoms. The molecule has 0 saturated carbocycles. The van der Waals surface area contributed by atoms with Gasteiger partial charge in [-0.15, -0.1) is 0 Å². The van der Waals surface area contributed by atoms with Gasteiger partial charge in [-0.25, -0.2) is 4.79 Å².